The van der Waals surface area contributed by atoms with Gasteiger partial charge in [0.1, 0.15) is 10.0 Å². The van der Waals surface area contributed by atoms with Crippen LogP contribution in [0.25, 0.3) is 23.0 Å². The van der Waals surface area contributed by atoms with Gasteiger partial charge < -0.3 is 9.47 Å². The molecule has 1 amide bonds. The van der Waals surface area contributed by atoms with Crippen LogP contribution >= 0.6 is 24.0 Å². The number of carbonyl (C=O) groups is 1. The third-order valence-corrected chi connectivity index (χ3v) is 9.18. The van der Waals surface area contributed by atoms with Crippen molar-refractivity contribution in [3.05, 3.63) is 65.2 Å². The molecule has 2 aromatic carbocycles. The first kappa shape index (κ1) is 24.5. The number of para-hydroxylation sites is 1. The van der Waals surface area contributed by atoms with E-state index in [1.807, 2.05) is 48.7 Å². The smallest absolute Gasteiger partial charge is 0.266 e. The molecule has 0 spiro atoms. The summed E-state index contributed by atoms with van der Waals surface area (Å²) in [6.45, 7) is 0. The van der Waals surface area contributed by atoms with Crippen LogP contribution in [0.1, 0.15) is 12.0 Å². The van der Waals surface area contributed by atoms with Gasteiger partial charge in [0.05, 0.1) is 42.4 Å². The van der Waals surface area contributed by atoms with Crippen molar-refractivity contribution in [2.45, 2.75) is 12.5 Å². The minimum Gasteiger partial charge on any atom is -0.493 e. The van der Waals surface area contributed by atoms with Gasteiger partial charge in [0, 0.05) is 17.3 Å². The molecule has 0 radical (unpaired) electrons. The van der Waals surface area contributed by atoms with Gasteiger partial charge in [0.15, 0.2) is 21.3 Å². The van der Waals surface area contributed by atoms with E-state index in [9.17, 15) is 13.2 Å². The van der Waals surface area contributed by atoms with E-state index < -0.39 is 15.9 Å². The fourth-order valence-corrected chi connectivity index (χ4v) is 7.42. The van der Waals surface area contributed by atoms with Gasteiger partial charge in [-0.1, -0.05) is 42.2 Å². The van der Waals surface area contributed by atoms with Crippen LogP contribution in [0.5, 0.6) is 11.5 Å². The van der Waals surface area contributed by atoms with Crippen LogP contribution in [0.2, 0.25) is 0 Å². The monoisotopic (exact) mass is 541 g/mol. The second kappa shape index (κ2) is 9.72. The Hall–Kier alpha value is -3.15. The van der Waals surface area contributed by atoms with Gasteiger partial charge in [0.25, 0.3) is 5.91 Å². The first-order chi connectivity index (χ1) is 17.3. The number of hydrogen-bond donors (Lipinski definition) is 0. The third-order valence-electron chi connectivity index (χ3n) is 6.10. The highest BCUT2D eigenvalue weighted by Gasteiger charge is 2.42. The van der Waals surface area contributed by atoms with Gasteiger partial charge in [-0.15, -0.1) is 0 Å². The number of thiocarbonyl (C=S) groups is 1. The molecule has 0 unspecified atom stereocenters. The van der Waals surface area contributed by atoms with Crippen LogP contribution in [0.15, 0.2) is 59.6 Å². The number of benzene rings is 2. The predicted octanol–water partition coefficient (Wildman–Crippen LogP) is 3.94. The molecular weight excluding hydrogens is 518 g/mol. The molecule has 2 fully saturated rings. The molecule has 0 N–H and O–H groups in total. The van der Waals surface area contributed by atoms with E-state index in [4.69, 9.17) is 26.8 Å². The van der Waals surface area contributed by atoms with Crippen molar-refractivity contribution in [2.24, 2.45) is 0 Å². The summed E-state index contributed by atoms with van der Waals surface area (Å²) in [6.07, 6.45) is 4.01. The SMILES string of the molecule is COc1ccc(-c2nn(-c3ccccc3)cc2/C=C2/SC(=S)N([C@@H]3CCS(=O)(=O)C3)C2=O)cc1OC. The number of rotatable bonds is 6. The molecule has 3 heterocycles. The Bertz CT molecular complexity index is 1480. The summed E-state index contributed by atoms with van der Waals surface area (Å²) in [5.74, 6) is 0.885. The maximum absolute atomic E-state index is 13.3. The van der Waals surface area contributed by atoms with Gasteiger partial charge in [-0.2, -0.15) is 5.10 Å². The zero-order valence-corrected chi connectivity index (χ0v) is 22.0. The van der Waals surface area contributed by atoms with Gasteiger partial charge in [-0.25, -0.2) is 13.1 Å². The van der Waals surface area contributed by atoms with Crippen molar-refractivity contribution in [3.63, 3.8) is 0 Å². The van der Waals surface area contributed by atoms with Crippen LogP contribution < -0.4 is 9.47 Å². The summed E-state index contributed by atoms with van der Waals surface area (Å²) in [5.41, 5.74) is 3.01. The van der Waals surface area contributed by atoms with Crippen molar-refractivity contribution in [1.29, 1.82) is 0 Å². The van der Waals surface area contributed by atoms with E-state index in [1.54, 1.807) is 31.0 Å². The number of aromatic nitrogens is 2. The van der Waals surface area contributed by atoms with E-state index in [0.717, 1.165) is 11.3 Å². The summed E-state index contributed by atoms with van der Waals surface area (Å²) >= 11 is 6.65. The molecule has 1 atom stereocenters. The average molecular weight is 542 g/mol. The molecule has 2 saturated heterocycles. The van der Waals surface area contributed by atoms with Gasteiger partial charge in [-0.05, 0) is 42.8 Å². The highest BCUT2D eigenvalue weighted by Crippen LogP contribution is 2.39. The zero-order chi connectivity index (χ0) is 25.4. The number of thioether (sulfide) groups is 1. The Morgan fingerprint density at radius 2 is 1.86 bits per heavy atom. The van der Waals surface area contributed by atoms with Crippen molar-refractivity contribution in [3.8, 4) is 28.4 Å². The first-order valence-electron chi connectivity index (χ1n) is 11.1. The number of sulfone groups is 1. The van der Waals surface area contributed by atoms with Crippen LogP contribution in [0, 0.1) is 0 Å². The molecule has 2 aliphatic heterocycles. The van der Waals surface area contributed by atoms with E-state index in [0.29, 0.717) is 38.4 Å². The lowest BCUT2D eigenvalue weighted by atomic mass is 10.1. The molecule has 5 rings (SSSR count). The van der Waals surface area contributed by atoms with Crippen LogP contribution in [-0.2, 0) is 14.6 Å². The summed E-state index contributed by atoms with van der Waals surface area (Å²) in [4.78, 5) is 15.2. The number of amides is 1. The number of hydrogen-bond acceptors (Lipinski definition) is 8. The fraction of sp³-hybridized carbons (Fsp3) is 0.240. The molecule has 36 heavy (non-hydrogen) atoms. The summed E-state index contributed by atoms with van der Waals surface area (Å²) in [5, 5.41) is 4.81. The minimum atomic E-state index is -3.16. The maximum atomic E-state index is 13.3. The number of methoxy groups -OCH3 is 2. The molecule has 1 aromatic heterocycles. The fourth-order valence-electron chi connectivity index (χ4n) is 4.33. The Morgan fingerprint density at radius 1 is 1.11 bits per heavy atom. The molecular formula is C25H23N3O5S3. The largest absolute Gasteiger partial charge is 0.493 e. The maximum Gasteiger partial charge on any atom is 0.266 e. The summed E-state index contributed by atoms with van der Waals surface area (Å²) in [7, 11) is -0.0131. The van der Waals surface area contributed by atoms with Crippen LogP contribution in [-0.4, -0.2) is 65.1 Å². The Labute approximate surface area is 218 Å². The number of ether oxygens (including phenoxy) is 2. The average Bonchev–Trinajstić information content (AvgIpc) is 3.54. The molecule has 3 aromatic rings. The third kappa shape index (κ3) is 4.65. The Balaban J connectivity index is 1.57. The van der Waals surface area contributed by atoms with Crippen LogP contribution in [0.3, 0.4) is 0 Å². The molecule has 2 aliphatic rings. The van der Waals surface area contributed by atoms with Crippen molar-refractivity contribution in [1.82, 2.24) is 14.7 Å². The topological polar surface area (TPSA) is 90.7 Å². The lowest BCUT2D eigenvalue weighted by molar-refractivity contribution is -0.123. The molecule has 0 aliphatic carbocycles. The van der Waals surface area contributed by atoms with Crippen molar-refractivity contribution >= 4 is 50.1 Å². The van der Waals surface area contributed by atoms with Gasteiger partial charge >= 0.3 is 0 Å². The van der Waals surface area contributed by atoms with E-state index in [2.05, 4.69) is 0 Å². The quantitative estimate of drug-likeness (QED) is 0.342. The number of nitrogens with zero attached hydrogens (tertiary/aromatic N) is 3. The van der Waals surface area contributed by atoms with Crippen molar-refractivity contribution < 1.29 is 22.7 Å². The van der Waals surface area contributed by atoms with E-state index in [1.165, 1.54) is 16.7 Å². The van der Waals surface area contributed by atoms with Gasteiger partial charge in [-0.3, -0.25) is 9.69 Å². The lowest BCUT2D eigenvalue weighted by Crippen LogP contribution is -2.39. The standard InChI is InChI=1S/C25H23N3O5S3/c1-32-20-9-8-16(12-21(20)33-2)23-17(14-27(26-23)18-6-4-3-5-7-18)13-22-24(29)28(25(34)35-22)19-10-11-36(30,31)15-19/h3-9,12-14,19H,10-11,15H2,1-2H3/b22-13+/t19-/m1/s1. The summed E-state index contributed by atoms with van der Waals surface area (Å²) in [6, 6.07) is 14.8. The first-order valence-corrected chi connectivity index (χ1v) is 14.2. The molecule has 8 nitrogen and oxygen atoms in total. The highest BCUT2D eigenvalue weighted by atomic mass is 32.2. The highest BCUT2D eigenvalue weighted by molar-refractivity contribution is 8.26. The van der Waals surface area contributed by atoms with E-state index >= 15 is 0 Å². The Kier molecular flexibility index (Phi) is 6.62. The predicted molar refractivity (Wildman–Crippen MR) is 144 cm³/mol. The van der Waals surface area contributed by atoms with E-state index in [-0.39, 0.29) is 17.4 Å². The molecule has 11 heteroatoms. The summed E-state index contributed by atoms with van der Waals surface area (Å²) < 4.78 is 36.9. The second-order valence-corrected chi connectivity index (χ2v) is 12.3. The normalized spacial score (nSPS) is 20.3. The Morgan fingerprint density at radius 3 is 2.53 bits per heavy atom. The van der Waals surface area contributed by atoms with Gasteiger partial charge in [0.2, 0.25) is 0 Å². The number of carbonyl (C=O) groups excluding carboxylic acids is 1. The zero-order valence-electron chi connectivity index (χ0n) is 19.6. The molecule has 0 bridgehead atoms. The lowest BCUT2D eigenvalue weighted by Gasteiger charge is -2.20. The molecule has 186 valence electrons. The van der Waals surface area contributed by atoms with Crippen LogP contribution in [0.4, 0.5) is 0 Å². The molecule has 0 saturated carbocycles. The second-order valence-electron chi connectivity index (χ2n) is 8.39. The minimum absolute atomic E-state index is 0.0600. The van der Waals surface area contributed by atoms with Crippen molar-refractivity contribution in [2.75, 3.05) is 25.7 Å².